The lowest BCUT2D eigenvalue weighted by atomic mass is 9.96. The predicted octanol–water partition coefficient (Wildman–Crippen LogP) is 6.02. The van der Waals surface area contributed by atoms with Gasteiger partial charge in [-0.25, -0.2) is 4.79 Å². The second-order valence-corrected chi connectivity index (χ2v) is 5.79. The summed E-state index contributed by atoms with van der Waals surface area (Å²) in [6.45, 7) is 0. The molecule has 0 atom stereocenters. The van der Waals surface area contributed by atoms with E-state index in [1.807, 2.05) is 0 Å². The number of carboxylic acids is 1. The van der Waals surface area contributed by atoms with Gasteiger partial charge < -0.3 is 5.11 Å². The van der Waals surface area contributed by atoms with Gasteiger partial charge in [-0.05, 0) is 51.9 Å². The first-order valence-electron chi connectivity index (χ1n) is 6.34. The molecule has 0 aliphatic carbocycles. The van der Waals surface area contributed by atoms with E-state index < -0.39 is 17.7 Å². The van der Waals surface area contributed by atoms with Crippen molar-refractivity contribution in [2.75, 3.05) is 0 Å². The van der Waals surface area contributed by atoms with Gasteiger partial charge >= 0.3 is 12.1 Å². The summed E-state index contributed by atoms with van der Waals surface area (Å²) in [6.07, 6.45) is -4.50. The van der Waals surface area contributed by atoms with Gasteiger partial charge in [0, 0.05) is 0 Å². The number of hydrogen-bond donors (Lipinski definition) is 1. The Morgan fingerprint density at radius 3 is 2.09 bits per heavy atom. The molecular weight excluding hydrogens is 352 g/mol. The summed E-state index contributed by atoms with van der Waals surface area (Å²) in [7, 11) is 0. The third-order valence-corrected chi connectivity index (χ3v) is 4.27. The van der Waals surface area contributed by atoms with Crippen LogP contribution < -0.4 is 0 Å². The summed E-state index contributed by atoms with van der Waals surface area (Å²) in [5, 5.41) is 10.8. The minimum atomic E-state index is -4.50. The molecule has 2 nitrogen and oxygen atoms in total. The quantitative estimate of drug-likeness (QED) is 0.540. The first-order valence-corrected chi connectivity index (χ1v) is 7.10. The molecule has 118 valence electrons. The van der Waals surface area contributed by atoms with Crippen molar-refractivity contribution in [1.29, 1.82) is 0 Å². The third kappa shape index (κ3) is 2.71. The Balaban J connectivity index is 2.51. The molecule has 0 saturated heterocycles. The number of benzene rings is 3. The maximum absolute atomic E-state index is 12.9. The summed E-state index contributed by atoms with van der Waals surface area (Å²) in [6, 6.07) is 7.19. The van der Waals surface area contributed by atoms with Gasteiger partial charge in [-0.15, -0.1) is 0 Å². The Morgan fingerprint density at radius 1 is 0.913 bits per heavy atom. The van der Waals surface area contributed by atoms with Crippen molar-refractivity contribution < 1.29 is 23.1 Å². The lowest BCUT2D eigenvalue weighted by Crippen LogP contribution is -2.05. The molecule has 0 fully saturated rings. The summed E-state index contributed by atoms with van der Waals surface area (Å²) < 4.78 is 38.8. The van der Waals surface area contributed by atoms with Crippen molar-refractivity contribution in [3.63, 3.8) is 0 Å². The van der Waals surface area contributed by atoms with Crippen molar-refractivity contribution >= 4 is 50.7 Å². The molecule has 0 unspecified atom stereocenters. The summed E-state index contributed by atoms with van der Waals surface area (Å²) in [4.78, 5) is 11.4. The second-order valence-electron chi connectivity index (χ2n) is 4.97. The molecule has 0 amide bonds. The molecule has 0 aliphatic heterocycles. The van der Waals surface area contributed by atoms with E-state index in [1.165, 1.54) is 24.3 Å². The summed E-state index contributed by atoms with van der Waals surface area (Å²) >= 11 is 11.9. The third-order valence-electron chi connectivity index (χ3n) is 3.55. The average molecular weight is 359 g/mol. The zero-order valence-corrected chi connectivity index (χ0v) is 12.7. The molecule has 3 aromatic carbocycles. The van der Waals surface area contributed by atoms with E-state index in [2.05, 4.69) is 0 Å². The van der Waals surface area contributed by atoms with E-state index in [0.29, 0.717) is 10.8 Å². The molecule has 0 saturated carbocycles. The van der Waals surface area contributed by atoms with Gasteiger partial charge in [0.1, 0.15) is 0 Å². The number of halogens is 5. The minimum Gasteiger partial charge on any atom is -0.478 e. The van der Waals surface area contributed by atoms with Gasteiger partial charge in [-0.1, -0.05) is 29.3 Å². The molecule has 0 spiro atoms. The number of alkyl halides is 3. The van der Waals surface area contributed by atoms with Gasteiger partial charge in [0.25, 0.3) is 0 Å². The van der Waals surface area contributed by atoms with Gasteiger partial charge in [-0.2, -0.15) is 13.2 Å². The van der Waals surface area contributed by atoms with E-state index in [1.54, 1.807) is 0 Å². The van der Waals surface area contributed by atoms with Gasteiger partial charge in [0.15, 0.2) is 0 Å². The molecular formula is C16H7Cl2F3O2. The van der Waals surface area contributed by atoms with Crippen LogP contribution in [0.15, 0.2) is 36.4 Å². The first-order chi connectivity index (χ1) is 10.7. The van der Waals surface area contributed by atoms with Crippen LogP contribution in [0, 0.1) is 0 Å². The maximum atomic E-state index is 12.9. The van der Waals surface area contributed by atoms with Crippen LogP contribution >= 0.6 is 23.2 Å². The Morgan fingerprint density at radius 2 is 1.52 bits per heavy atom. The molecule has 0 heterocycles. The van der Waals surface area contributed by atoms with Crippen LogP contribution in [0.5, 0.6) is 0 Å². The summed E-state index contributed by atoms with van der Waals surface area (Å²) in [5.41, 5.74) is -0.869. The normalized spacial score (nSPS) is 12.0. The maximum Gasteiger partial charge on any atom is 0.416 e. The molecule has 1 N–H and O–H groups in total. The molecule has 3 rings (SSSR count). The number of carboxylic acid groups (broad SMARTS) is 1. The molecule has 0 aromatic heterocycles. The number of rotatable bonds is 1. The molecule has 3 aromatic rings. The van der Waals surface area contributed by atoms with Crippen LogP contribution in [0.2, 0.25) is 10.0 Å². The van der Waals surface area contributed by atoms with Crippen molar-refractivity contribution in [1.82, 2.24) is 0 Å². The van der Waals surface area contributed by atoms with Crippen LogP contribution in [0.1, 0.15) is 15.9 Å². The highest BCUT2D eigenvalue weighted by molar-refractivity contribution is 6.43. The smallest absolute Gasteiger partial charge is 0.416 e. The number of hydrogen-bond acceptors (Lipinski definition) is 1. The molecule has 0 bridgehead atoms. The van der Waals surface area contributed by atoms with E-state index >= 15 is 0 Å². The van der Waals surface area contributed by atoms with E-state index in [-0.39, 0.29) is 26.4 Å². The molecule has 7 heteroatoms. The summed E-state index contributed by atoms with van der Waals surface area (Å²) in [5.74, 6) is -1.20. The lowest BCUT2D eigenvalue weighted by molar-refractivity contribution is -0.137. The van der Waals surface area contributed by atoms with Crippen LogP contribution in [0.25, 0.3) is 21.5 Å². The number of aromatic carboxylic acids is 1. The van der Waals surface area contributed by atoms with Crippen LogP contribution in [0.4, 0.5) is 13.2 Å². The van der Waals surface area contributed by atoms with Crippen molar-refractivity contribution in [3.8, 4) is 0 Å². The second kappa shape index (κ2) is 5.28. The minimum absolute atomic E-state index is 0.0502. The molecule has 0 radical (unpaired) electrons. The first kappa shape index (κ1) is 15.9. The van der Waals surface area contributed by atoms with Crippen LogP contribution in [-0.4, -0.2) is 11.1 Å². The fourth-order valence-corrected chi connectivity index (χ4v) is 2.82. The van der Waals surface area contributed by atoms with Crippen LogP contribution in [0.3, 0.4) is 0 Å². The Labute approximate surface area is 138 Å². The van der Waals surface area contributed by atoms with E-state index in [0.717, 1.165) is 12.1 Å². The Hall–Kier alpha value is -1.98. The Kier molecular flexibility index (Phi) is 3.65. The van der Waals surface area contributed by atoms with E-state index in [4.69, 9.17) is 23.2 Å². The highest BCUT2D eigenvalue weighted by Crippen LogP contribution is 2.38. The average Bonchev–Trinajstić information content (AvgIpc) is 2.46. The monoisotopic (exact) mass is 358 g/mol. The Bertz CT molecular complexity index is 965. The standard InChI is InChI=1S/C16H7Cl2F3O2/c17-13-5-10-9-4-8(16(19,20)21)2-1-7(9)3-12(15(22)23)11(10)6-14(13)18/h1-6H,(H,22,23). The van der Waals surface area contributed by atoms with Crippen molar-refractivity contribution in [2.24, 2.45) is 0 Å². The zero-order valence-electron chi connectivity index (χ0n) is 11.2. The van der Waals surface area contributed by atoms with Gasteiger partial charge in [-0.3, -0.25) is 0 Å². The van der Waals surface area contributed by atoms with Crippen LogP contribution in [-0.2, 0) is 6.18 Å². The zero-order chi connectivity index (χ0) is 16.9. The van der Waals surface area contributed by atoms with Crippen molar-refractivity contribution in [3.05, 3.63) is 57.6 Å². The van der Waals surface area contributed by atoms with Gasteiger partial charge in [0.2, 0.25) is 0 Å². The topological polar surface area (TPSA) is 37.3 Å². The van der Waals surface area contributed by atoms with Crippen molar-refractivity contribution in [2.45, 2.75) is 6.18 Å². The SMILES string of the molecule is O=C(O)c1cc2ccc(C(F)(F)F)cc2c2cc(Cl)c(Cl)cc12. The lowest BCUT2D eigenvalue weighted by Gasteiger charge is -2.12. The molecule has 23 heavy (non-hydrogen) atoms. The highest BCUT2D eigenvalue weighted by Gasteiger charge is 2.30. The van der Waals surface area contributed by atoms with Gasteiger partial charge in [0.05, 0.1) is 21.2 Å². The highest BCUT2D eigenvalue weighted by atomic mass is 35.5. The van der Waals surface area contributed by atoms with E-state index in [9.17, 15) is 23.1 Å². The predicted molar refractivity (Wildman–Crippen MR) is 83.4 cm³/mol. The fourth-order valence-electron chi connectivity index (χ4n) is 2.49. The number of carbonyl (C=O) groups is 1. The largest absolute Gasteiger partial charge is 0.478 e. The fraction of sp³-hybridized carbons (Fsp3) is 0.0625. The number of fused-ring (bicyclic) bond motifs is 3. The molecule has 0 aliphatic rings.